The predicted molar refractivity (Wildman–Crippen MR) is 57.0 cm³/mol. The molecule has 0 aliphatic rings. The van der Waals surface area contributed by atoms with Crippen LogP contribution >= 0.6 is 15.9 Å². The summed E-state index contributed by atoms with van der Waals surface area (Å²) in [7, 11) is 0. The number of aryl methyl sites for hydroxylation is 1. The summed E-state index contributed by atoms with van der Waals surface area (Å²) in [6, 6.07) is 0. The van der Waals surface area contributed by atoms with Crippen molar-refractivity contribution in [2.45, 2.75) is 13.3 Å². The minimum Gasteiger partial charge on any atom is -0.477 e. The zero-order valence-corrected chi connectivity index (χ0v) is 9.52. The zero-order chi connectivity index (χ0) is 11.0. The standard InChI is InChI=1S/C9H8BrN3O2/c1-2-6-7(8(14)15)13-4-5(10)3-11-9(13)12-6/h3-4H,2H2,1H3,(H,14,15). The zero-order valence-electron chi connectivity index (χ0n) is 7.94. The third-order valence-electron chi connectivity index (χ3n) is 2.06. The highest BCUT2D eigenvalue weighted by Gasteiger charge is 2.17. The lowest BCUT2D eigenvalue weighted by molar-refractivity contribution is 0.0688. The van der Waals surface area contributed by atoms with Crippen molar-refractivity contribution in [1.82, 2.24) is 14.4 Å². The summed E-state index contributed by atoms with van der Waals surface area (Å²) in [5.74, 6) is -0.577. The molecular weight excluding hydrogens is 262 g/mol. The Balaban J connectivity index is 2.82. The monoisotopic (exact) mass is 269 g/mol. The molecule has 15 heavy (non-hydrogen) atoms. The molecule has 2 heterocycles. The second-order valence-electron chi connectivity index (χ2n) is 3.01. The highest BCUT2D eigenvalue weighted by atomic mass is 79.9. The van der Waals surface area contributed by atoms with Crippen LogP contribution in [0.25, 0.3) is 5.78 Å². The van der Waals surface area contributed by atoms with Crippen molar-refractivity contribution in [3.8, 4) is 0 Å². The summed E-state index contributed by atoms with van der Waals surface area (Å²) in [6.45, 7) is 1.86. The number of hydrogen-bond acceptors (Lipinski definition) is 3. The lowest BCUT2D eigenvalue weighted by atomic mass is 10.2. The lowest BCUT2D eigenvalue weighted by Gasteiger charge is -1.97. The van der Waals surface area contributed by atoms with Crippen LogP contribution in [-0.4, -0.2) is 25.4 Å². The van der Waals surface area contributed by atoms with Crippen LogP contribution in [0.1, 0.15) is 23.1 Å². The van der Waals surface area contributed by atoms with Crippen molar-refractivity contribution in [2.24, 2.45) is 0 Å². The molecule has 78 valence electrons. The maximum atomic E-state index is 11.1. The smallest absolute Gasteiger partial charge is 0.354 e. The number of aromatic carboxylic acids is 1. The number of carboxylic acid groups (broad SMARTS) is 1. The first-order valence-corrected chi connectivity index (χ1v) is 5.18. The van der Waals surface area contributed by atoms with Crippen LogP contribution < -0.4 is 0 Å². The number of nitrogens with zero attached hydrogens (tertiary/aromatic N) is 3. The van der Waals surface area contributed by atoms with E-state index in [1.807, 2.05) is 6.92 Å². The van der Waals surface area contributed by atoms with E-state index >= 15 is 0 Å². The van der Waals surface area contributed by atoms with Crippen LogP contribution in [0.2, 0.25) is 0 Å². The summed E-state index contributed by atoms with van der Waals surface area (Å²) < 4.78 is 2.20. The van der Waals surface area contributed by atoms with Gasteiger partial charge in [-0.1, -0.05) is 6.92 Å². The number of imidazole rings is 1. The highest BCUT2D eigenvalue weighted by Crippen LogP contribution is 2.15. The molecule has 0 aliphatic heterocycles. The van der Waals surface area contributed by atoms with Gasteiger partial charge >= 0.3 is 5.97 Å². The van der Waals surface area contributed by atoms with Gasteiger partial charge in [0.1, 0.15) is 0 Å². The van der Waals surface area contributed by atoms with Crippen LogP contribution in [-0.2, 0) is 6.42 Å². The predicted octanol–water partition coefficient (Wildman–Crippen LogP) is 1.75. The third kappa shape index (κ3) is 1.61. The van der Waals surface area contributed by atoms with E-state index < -0.39 is 5.97 Å². The first-order valence-electron chi connectivity index (χ1n) is 4.39. The second kappa shape index (κ2) is 3.62. The Bertz CT molecular complexity index is 535. The molecule has 0 aliphatic carbocycles. The third-order valence-corrected chi connectivity index (χ3v) is 2.47. The maximum Gasteiger partial charge on any atom is 0.354 e. The van der Waals surface area contributed by atoms with Gasteiger partial charge in [0.05, 0.1) is 10.2 Å². The van der Waals surface area contributed by atoms with Gasteiger partial charge in [0, 0.05) is 12.4 Å². The Kier molecular flexibility index (Phi) is 2.44. The Morgan fingerprint density at radius 3 is 3.00 bits per heavy atom. The van der Waals surface area contributed by atoms with Crippen LogP contribution in [0.4, 0.5) is 0 Å². The molecule has 0 amide bonds. The van der Waals surface area contributed by atoms with Crippen LogP contribution in [0.3, 0.4) is 0 Å². The number of carboxylic acids is 1. The largest absolute Gasteiger partial charge is 0.477 e. The average Bonchev–Trinajstić information content (AvgIpc) is 2.55. The lowest BCUT2D eigenvalue weighted by Crippen LogP contribution is -2.05. The van der Waals surface area contributed by atoms with E-state index in [0.717, 1.165) is 4.47 Å². The SMILES string of the molecule is CCc1nc2ncc(Br)cn2c1C(=O)O. The van der Waals surface area contributed by atoms with Crippen molar-refractivity contribution in [2.75, 3.05) is 0 Å². The Morgan fingerprint density at radius 1 is 1.67 bits per heavy atom. The molecule has 0 radical (unpaired) electrons. The van der Waals surface area contributed by atoms with Gasteiger partial charge in [-0.2, -0.15) is 0 Å². The Morgan fingerprint density at radius 2 is 2.40 bits per heavy atom. The van der Waals surface area contributed by atoms with Crippen molar-refractivity contribution in [1.29, 1.82) is 0 Å². The first kappa shape index (κ1) is 10.1. The summed E-state index contributed by atoms with van der Waals surface area (Å²) in [6.07, 6.45) is 3.81. The van der Waals surface area contributed by atoms with Crippen molar-refractivity contribution in [3.05, 3.63) is 28.3 Å². The molecule has 0 saturated heterocycles. The van der Waals surface area contributed by atoms with Gasteiger partial charge in [0.25, 0.3) is 0 Å². The second-order valence-corrected chi connectivity index (χ2v) is 3.92. The van der Waals surface area contributed by atoms with Crippen LogP contribution in [0.5, 0.6) is 0 Å². The fourth-order valence-corrected chi connectivity index (χ4v) is 1.74. The topological polar surface area (TPSA) is 67.5 Å². The molecule has 0 aromatic carbocycles. The van der Waals surface area contributed by atoms with Crippen LogP contribution in [0.15, 0.2) is 16.9 Å². The number of carbonyl (C=O) groups is 1. The molecule has 0 unspecified atom stereocenters. The van der Waals surface area contributed by atoms with E-state index in [1.54, 1.807) is 12.4 Å². The van der Waals surface area contributed by atoms with E-state index in [4.69, 9.17) is 5.11 Å². The molecule has 0 saturated carbocycles. The Labute approximate surface area is 93.9 Å². The van der Waals surface area contributed by atoms with Crippen molar-refractivity contribution >= 4 is 27.7 Å². The maximum absolute atomic E-state index is 11.1. The quantitative estimate of drug-likeness (QED) is 0.902. The Hall–Kier alpha value is -1.43. The van der Waals surface area contributed by atoms with Crippen LogP contribution in [0, 0.1) is 0 Å². The molecule has 2 aromatic heterocycles. The van der Waals surface area contributed by atoms with E-state index in [-0.39, 0.29) is 5.69 Å². The molecule has 0 spiro atoms. The van der Waals surface area contributed by atoms with E-state index in [9.17, 15) is 4.79 Å². The van der Waals surface area contributed by atoms with Gasteiger partial charge in [-0.15, -0.1) is 0 Å². The van der Waals surface area contributed by atoms with Crippen molar-refractivity contribution < 1.29 is 9.90 Å². The molecule has 0 bridgehead atoms. The summed E-state index contributed by atoms with van der Waals surface area (Å²) in [5, 5.41) is 9.07. The van der Waals surface area contributed by atoms with Gasteiger partial charge < -0.3 is 5.11 Å². The molecule has 2 rings (SSSR count). The highest BCUT2D eigenvalue weighted by molar-refractivity contribution is 9.10. The fraction of sp³-hybridized carbons (Fsp3) is 0.222. The fourth-order valence-electron chi connectivity index (χ4n) is 1.43. The van der Waals surface area contributed by atoms with Gasteiger partial charge in [-0.25, -0.2) is 14.8 Å². The minimum absolute atomic E-state index is 0.182. The number of hydrogen-bond donors (Lipinski definition) is 1. The number of aromatic nitrogens is 3. The molecule has 6 heteroatoms. The van der Waals surface area contributed by atoms with E-state index in [2.05, 4.69) is 25.9 Å². The van der Waals surface area contributed by atoms with Crippen molar-refractivity contribution in [3.63, 3.8) is 0 Å². The number of halogens is 1. The number of rotatable bonds is 2. The number of fused-ring (bicyclic) bond motifs is 1. The molecule has 0 fully saturated rings. The van der Waals surface area contributed by atoms with E-state index in [0.29, 0.717) is 17.9 Å². The molecule has 5 nitrogen and oxygen atoms in total. The van der Waals surface area contributed by atoms with Gasteiger partial charge in [0.15, 0.2) is 5.69 Å². The van der Waals surface area contributed by atoms with E-state index in [1.165, 1.54) is 4.40 Å². The summed E-state index contributed by atoms with van der Waals surface area (Å²) >= 11 is 3.24. The summed E-state index contributed by atoms with van der Waals surface area (Å²) in [4.78, 5) is 19.2. The first-order chi connectivity index (χ1) is 7.13. The molecule has 1 N–H and O–H groups in total. The molecule has 2 aromatic rings. The normalized spacial score (nSPS) is 10.8. The molecular formula is C9H8BrN3O2. The van der Waals surface area contributed by atoms with Gasteiger partial charge in [0.2, 0.25) is 5.78 Å². The molecule has 0 atom stereocenters. The summed E-state index contributed by atoms with van der Waals surface area (Å²) in [5.41, 5.74) is 0.731. The average molecular weight is 270 g/mol. The minimum atomic E-state index is -0.987. The van der Waals surface area contributed by atoms with Gasteiger partial charge in [-0.3, -0.25) is 4.40 Å². The van der Waals surface area contributed by atoms with Gasteiger partial charge in [-0.05, 0) is 22.4 Å².